The van der Waals surface area contributed by atoms with Crippen LogP contribution in [-0.2, 0) is 6.54 Å². The average molecular weight is 436 g/mol. The Balaban J connectivity index is 1.48. The van der Waals surface area contributed by atoms with E-state index in [1.807, 2.05) is 0 Å². The van der Waals surface area contributed by atoms with Crippen LogP contribution in [0.4, 0.5) is 15.8 Å². The minimum absolute atomic E-state index is 0.128. The first-order valence-electron chi connectivity index (χ1n) is 10.2. The summed E-state index contributed by atoms with van der Waals surface area (Å²) in [6, 6.07) is 13.3. The summed E-state index contributed by atoms with van der Waals surface area (Å²) in [5, 5.41) is 14.0. The first-order chi connectivity index (χ1) is 15.5. The van der Waals surface area contributed by atoms with Gasteiger partial charge in [0.1, 0.15) is 11.6 Å². The Morgan fingerprint density at radius 3 is 2.59 bits per heavy atom. The zero-order chi connectivity index (χ0) is 22.5. The van der Waals surface area contributed by atoms with Gasteiger partial charge in [-0.25, -0.2) is 9.37 Å². The second kappa shape index (κ2) is 9.42. The van der Waals surface area contributed by atoms with E-state index in [9.17, 15) is 19.3 Å². The molecule has 0 atom stereocenters. The molecule has 1 fully saturated rings. The number of nitro benzene ring substituents is 1. The molecule has 1 aromatic heterocycles. The monoisotopic (exact) mass is 436 g/mol. The highest BCUT2D eigenvalue weighted by molar-refractivity contribution is 6.00. The Hall–Kier alpha value is -4.01. The SMILES string of the molecule is O=C(NCc1ccnc(Oc2ccc(F)cc2)c1)c1cc([N+](=O)[O-])ccc1N1CCCC1. The largest absolute Gasteiger partial charge is 0.439 e. The number of ether oxygens (including phenoxy) is 1. The predicted octanol–water partition coefficient (Wildman–Crippen LogP) is 4.45. The highest BCUT2D eigenvalue weighted by atomic mass is 19.1. The van der Waals surface area contributed by atoms with Gasteiger partial charge in [0.2, 0.25) is 5.88 Å². The summed E-state index contributed by atoms with van der Waals surface area (Å²) in [6.45, 7) is 1.81. The number of hydrogen-bond donors (Lipinski definition) is 1. The molecular weight excluding hydrogens is 415 g/mol. The van der Waals surface area contributed by atoms with Gasteiger partial charge in [-0.15, -0.1) is 0 Å². The Morgan fingerprint density at radius 2 is 1.88 bits per heavy atom. The summed E-state index contributed by atoms with van der Waals surface area (Å²) < 4.78 is 18.7. The van der Waals surface area contributed by atoms with Crippen molar-refractivity contribution >= 4 is 17.3 Å². The van der Waals surface area contributed by atoms with Crippen LogP contribution < -0.4 is 15.0 Å². The van der Waals surface area contributed by atoms with Gasteiger partial charge in [0.05, 0.1) is 16.2 Å². The van der Waals surface area contributed by atoms with Crippen LogP contribution >= 0.6 is 0 Å². The van der Waals surface area contributed by atoms with Gasteiger partial charge in [-0.2, -0.15) is 0 Å². The van der Waals surface area contributed by atoms with Crippen molar-refractivity contribution in [2.24, 2.45) is 0 Å². The summed E-state index contributed by atoms with van der Waals surface area (Å²) in [6.07, 6.45) is 3.58. The number of hydrogen-bond acceptors (Lipinski definition) is 6. The zero-order valence-electron chi connectivity index (χ0n) is 17.2. The number of non-ortho nitro benzene ring substituents is 1. The molecule has 8 nitrogen and oxygen atoms in total. The molecule has 0 saturated carbocycles. The molecule has 1 amide bonds. The Morgan fingerprint density at radius 1 is 1.12 bits per heavy atom. The smallest absolute Gasteiger partial charge is 0.270 e. The molecule has 9 heteroatoms. The van der Waals surface area contributed by atoms with Crippen molar-refractivity contribution in [1.29, 1.82) is 0 Å². The van der Waals surface area contributed by atoms with Gasteiger partial charge < -0.3 is 15.0 Å². The number of pyridine rings is 1. The van der Waals surface area contributed by atoms with Crippen LogP contribution in [0, 0.1) is 15.9 Å². The van der Waals surface area contributed by atoms with Crippen LogP contribution in [0.15, 0.2) is 60.8 Å². The Bertz CT molecular complexity index is 1130. The molecule has 164 valence electrons. The number of carbonyl (C=O) groups is 1. The van der Waals surface area contributed by atoms with E-state index < -0.39 is 10.8 Å². The number of amides is 1. The lowest BCUT2D eigenvalue weighted by Gasteiger charge is -2.21. The number of benzene rings is 2. The number of anilines is 1. The summed E-state index contributed by atoms with van der Waals surface area (Å²) in [5.74, 6) is -0.0203. The molecule has 1 saturated heterocycles. The fraction of sp³-hybridized carbons (Fsp3) is 0.217. The van der Waals surface area contributed by atoms with Crippen LogP contribution in [0.1, 0.15) is 28.8 Å². The number of nitrogens with zero attached hydrogens (tertiary/aromatic N) is 3. The summed E-state index contributed by atoms with van der Waals surface area (Å²) in [5.41, 5.74) is 1.58. The summed E-state index contributed by atoms with van der Waals surface area (Å²) in [4.78, 5) is 29.8. The average Bonchev–Trinajstić information content (AvgIpc) is 3.34. The van der Waals surface area contributed by atoms with Crippen molar-refractivity contribution in [2.75, 3.05) is 18.0 Å². The third-order valence-corrected chi connectivity index (χ3v) is 5.17. The van der Waals surface area contributed by atoms with E-state index in [1.54, 1.807) is 24.4 Å². The molecule has 1 N–H and O–H groups in total. The molecule has 32 heavy (non-hydrogen) atoms. The topological polar surface area (TPSA) is 97.6 Å². The molecule has 0 radical (unpaired) electrons. The molecule has 3 aromatic rings. The first-order valence-corrected chi connectivity index (χ1v) is 10.2. The van der Waals surface area contributed by atoms with Crippen LogP contribution in [0.25, 0.3) is 0 Å². The molecular formula is C23H21FN4O4. The third-order valence-electron chi connectivity index (χ3n) is 5.17. The predicted molar refractivity (Wildman–Crippen MR) is 116 cm³/mol. The van der Waals surface area contributed by atoms with Crippen molar-refractivity contribution in [1.82, 2.24) is 10.3 Å². The van der Waals surface area contributed by atoms with E-state index in [0.717, 1.165) is 31.5 Å². The van der Waals surface area contributed by atoms with Gasteiger partial charge in [0, 0.05) is 44.0 Å². The minimum Gasteiger partial charge on any atom is -0.439 e. The van der Waals surface area contributed by atoms with Crippen molar-refractivity contribution in [3.8, 4) is 11.6 Å². The van der Waals surface area contributed by atoms with Gasteiger partial charge >= 0.3 is 0 Å². The molecule has 1 aliphatic rings. The lowest BCUT2D eigenvalue weighted by Crippen LogP contribution is -2.27. The lowest BCUT2D eigenvalue weighted by atomic mass is 10.1. The second-order valence-corrected chi connectivity index (χ2v) is 7.39. The van der Waals surface area contributed by atoms with Crippen LogP contribution in [0.2, 0.25) is 0 Å². The number of carbonyl (C=O) groups excluding carboxylic acids is 1. The minimum atomic E-state index is -0.507. The van der Waals surface area contributed by atoms with Crippen molar-refractivity contribution < 1.29 is 18.8 Å². The van der Waals surface area contributed by atoms with Crippen LogP contribution in [0.5, 0.6) is 11.6 Å². The van der Waals surface area contributed by atoms with Gasteiger partial charge in [-0.05, 0) is 54.8 Å². The lowest BCUT2D eigenvalue weighted by molar-refractivity contribution is -0.384. The molecule has 0 spiro atoms. The maximum atomic E-state index is 13.1. The number of rotatable bonds is 7. The Labute approximate surface area is 183 Å². The fourth-order valence-corrected chi connectivity index (χ4v) is 3.57. The van der Waals surface area contributed by atoms with E-state index in [1.165, 1.54) is 36.4 Å². The van der Waals surface area contributed by atoms with Crippen molar-refractivity contribution in [3.63, 3.8) is 0 Å². The molecule has 4 rings (SSSR count). The second-order valence-electron chi connectivity index (χ2n) is 7.39. The van der Waals surface area contributed by atoms with Crippen LogP contribution in [0.3, 0.4) is 0 Å². The van der Waals surface area contributed by atoms with E-state index in [-0.39, 0.29) is 23.6 Å². The van der Waals surface area contributed by atoms with Crippen LogP contribution in [-0.4, -0.2) is 28.9 Å². The van der Waals surface area contributed by atoms with Crippen molar-refractivity contribution in [2.45, 2.75) is 19.4 Å². The molecule has 2 heterocycles. The first kappa shape index (κ1) is 21.2. The Kier molecular flexibility index (Phi) is 6.25. The van der Waals surface area contributed by atoms with Gasteiger partial charge in [-0.1, -0.05) is 0 Å². The third kappa shape index (κ3) is 5.00. The van der Waals surface area contributed by atoms with Gasteiger partial charge in [0.15, 0.2) is 0 Å². The number of nitro groups is 1. The quantitative estimate of drug-likeness (QED) is 0.434. The fourth-order valence-electron chi connectivity index (χ4n) is 3.57. The normalized spacial score (nSPS) is 13.1. The highest BCUT2D eigenvalue weighted by Crippen LogP contribution is 2.28. The maximum absolute atomic E-state index is 13.1. The van der Waals surface area contributed by atoms with Crippen molar-refractivity contribution in [3.05, 3.63) is 87.9 Å². The summed E-state index contributed by atoms with van der Waals surface area (Å²) >= 11 is 0. The molecule has 0 bridgehead atoms. The van der Waals surface area contributed by atoms with E-state index in [4.69, 9.17) is 4.74 Å². The maximum Gasteiger partial charge on any atom is 0.270 e. The zero-order valence-corrected chi connectivity index (χ0v) is 17.2. The molecule has 0 unspecified atom stereocenters. The number of nitrogens with one attached hydrogen (secondary N) is 1. The number of aromatic nitrogens is 1. The molecule has 2 aromatic carbocycles. The van der Waals surface area contributed by atoms with E-state index >= 15 is 0 Å². The van der Waals surface area contributed by atoms with E-state index in [0.29, 0.717) is 17.3 Å². The number of halogens is 1. The van der Waals surface area contributed by atoms with Gasteiger partial charge in [0.25, 0.3) is 11.6 Å². The molecule has 1 aliphatic heterocycles. The molecule has 0 aliphatic carbocycles. The van der Waals surface area contributed by atoms with Gasteiger partial charge in [-0.3, -0.25) is 14.9 Å². The standard InChI is InChI=1S/C23H21FN4O4/c24-17-3-6-19(7-4-17)32-22-13-16(9-10-25-22)15-26-23(29)20-14-18(28(30)31)5-8-21(20)27-11-1-2-12-27/h3-10,13-14H,1-2,11-12,15H2,(H,26,29). The van der Waals surface area contributed by atoms with E-state index in [2.05, 4.69) is 15.2 Å². The summed E-state index contributed by atoms with van der Waals surface area (Å²) in [7, 11) is 0. The highest BCUT2D eigenvalue weighted by Gasteiger charge is 2.22.